The monoisotopic (exact) mass is 302 g/mol. The number of halogens is 1. The summed E-state index contributed by atoms with van der Waals surface area (Å²) in [6.45, 7) is 0.655. The average Bonchev–Trinajstić information content (AvgIpc) is 2.67. The van der Waals surface area contributed by atoms with E-state index in [-0.39, 0.29) is 19.3 Å². The first-order valence-corrected chi connectivity index (χ1v) is 6.17. The van der Waals surface area contributed by atoms with Crippen LogP contribution in [0.3, 0.4) is 0 Å². The van der Waals surface area contributed by atoms with Crippen molar-refractivity contribution in [1.82, 2.24) is 0 Å². The van der Waals surface area contributed by atoms with Crippen molar-refractivity contribution >= 4 is 28.5 Å². The van der Waals surface area contributed by atoms with E-state index in [1.54, 1.807) is 6.07 Å². The lowest BCUT2D eigenvalue weighted by Crippen LogP contribution is -2.53. The summed E-state index contributed by atoms with van der Waals surface area (Å²) in [6.07, 6.45) is -0.230. The molecule has 92 valence electrons. The second-order valence-corrected chi connectivity index (χ2v) is 4.57. The number of hydrogen-bond acceptors (Lipinski definition) is 4. The Hall–Kier alpha value is -0.595. The summed E-state index contributed by atoms with van der Waals surface area (Å²) in [5.74, 6) is 0.542. The van der Waals surface area contributed by atoms with E-state index in [4.69, 9.17) is 14.5 Å². The molecule has 5 nitrogen and oxygen atoms in total. The van der Waals surface area contributed by atoms with Crippen LogP contribution in [0.2, 0.25) is 0 Å². The maximum absolute atomic E-state index is 9.87. The van der Waals surface area contributed by atoms with Crippen molar-refractivity contribution in [2.75, 3.05) is 19.8 Å². The molecule has 1 atom stereocenters. The standard InChI is InChI=1S/C10H13BBrNO4/c12-6-1-2-7(16-4-3-14)10-9(6)8(5-13)17-11(10)15/h1-2,8,14-15H,3-5,13H2/p+1. The van der Waals surface area contributed by atoms with Gasteiger partial charge in [0.25, 0.3) is 0 Å². The van der Waals surface area contributed by atoms with Crippen LogP contribution in [0.15, 0.2) is 16.6 Å². The third-order valence-electron chi connectivity index (χ3n) is 2.67. The second kappa shape index (κ2) is 5.37. The lowest BCUT2D eigenvalue weighted by Gasteiger charge is -2.12. The zero-order chi connectivity index (χ0) is 12.4. The lowest BCUT2D eigenvalue weighted by molar-refractivity contribution is -0.383. The second-order valence-electron chi connectivity index (χ2n) is 3.71. The molecule has 5 N–H and O–H groups in total. The molecule has 0 aromatic heterocycles. The molecule has 1 aromatic carbocycles. The van der Waals surface area contributed by atoms with Crippen molar-refractivity contribution < 1.29 is 25.3 Å². The van der Waals surface area contributed by atoms with Crippen molar-refractivity contribution in [3.63, 3.8) is 0 Å². The van der Waals surface area contributed by atoms with Gasteiger partial charge in [-0.2, -0.15) is 0 Å². The molecule has 0 bridgehead atoms. The SMILES string of the molecule is [NH3+]CC1OB(O)c2c(OCCO)ccc(Br)c21. The number of ether oxygens (including phenoxy) is 1. The molecule has 0 aliphatic carbocycles. The first-order valence-electron chi connectivity index (χ1n) is 5.37. The summed E-state index contributed by atoms with van der Waals surface area (Å²) in [6, 6.07) is 3.59. The molecule has 2 rings (SSSR count). The zero-order valence-electron chi connectivity index (χ0n) is 9.23. The van der Waals surface area contributed by atoms with Gasteiger partial charge in [-0.25, -0.2) is 0 Å². The van der Waals surface area contributed by atoms with Gasteiger partial charge in [0.15, 0.2) is 0 Å². The fourth-order valence-electron chi connectivity index (χ4n) is 1.96. The van der Waals surface area contributed by atoms with Gasteiger partial charge in [-0.15, -0.1) is 0 Å². The van der Waals surface area contributed by atoms with Gasteiger partial charge in [0, 0.05) is 15.5 Å². The van der Waals surface area contributed by atoms with E-state index >= 15 is 0 Å². The Labute approximate surface area is 108 Å². The molecule has 0 saturated heterocycles. The van der Waals surface area contributed by atoms with Crippen molar-refractivity contribution in [1.29, 1.82) is 0 Å². The van der Waals surface area contributed by atoms with Gasteiger partial charge in [-0.1, -0.05) is 15.9 Å². The van der Waals surface area contributed by atoms with Crippen LogP contribution in [0.5, 0.6) is 5.75 Å². The summed E-state index contributed by atoms with van der Waals surface area (Å²) >= 11 is 3.43. The highest BCUT2D eigenvalue weighted by Gasteiger charge is 2.39. The van der Waals surface area contributed by atoms with Crippen LogP contribution in [-0.2, 0) is 4.65 Å². The van der Waals surface area contributed by atoms with Crippen LogP contribution in [0.25, 0.3) is 0 Å². The van der Waals surface area contributed by atoms with Crippen molar-refractivity contribution in [2.24, 2.45) is 0 Å². The Morgan fingerprint density at radius 1 is 1.53 bits per heavy atom. The number of hydrogen-bond donors (Lipinski definition) is 3. The topological polar surface area (TPSA) is 86.6 Å². The van der Waals surface area contributed by atoms with Gasteiger partial charge in [0.1, 0.15) is 25.0 Å². The summed E-state index contributed by atoms with van der Waals surface area (Å²) in [5, 5.41) is 18.6. The predicted molar refractivity (Wildman–Crippen MR) is 65.9 cm³/mol. The molecule has 17 heavy (non-hydrogen) atoms. The number of aliphatic hydroxyl groups excluding tert-OH is 1. The number of quaternary nitrogens is 1. The molecule has 0 saturated carbocycles. The van der Waals surface area contributed by atoms with Gasteiger partial charge in [-0.3, -0.25) is 0 Å². The number of fused-ring (bicyclic) bond motifs is 1. The van der Waals surface area contributed by atoms with Crippen LogP contribution >= 0.6 is 15.9 Å². The van der Waals surface area contributed by atoms with Crippen molar-refractivity contribution in [3.8, 4) is 5.75 Å². The van der Waals surface area contributed by atoms with Crippen LogP contribution in [0.1, 0.15) is 11.7 Å². The van der Waals surface area contributed by atoms with Gasteiger partial charge in [-0.05, 0) is 12.1 Å². The number of rotatable bonds is 4. The highest BCUT2D eigenvalue weighted by Crippen LogP contribution is 2.32. The van der Waals surface area contributed by atoms with E-state index in [0.717, 1.165) is 10.0 Å². The first-order chi connectivity index (χ1) is 8.19. The van der Waals surface area contributed by atoms with Gasteiger partial charge < -0.3 is 25.3 Å². The van der Waals surface area contributed by atoms with E-state index in [2.05, 4.69) is 21.7 Å². The summed E-state index contributed by atoms with van der Waals surface area (Å²) in [5.41, 5.74) is 5.30. The van der Waals surface area contributed by atoms with Crippen LogP contribution in [-0.4, -0.2) is 37.0 Å². The Kier molecular flexibility index (Phi) is 4.06. The minimum absolute atomic E-state index is 0.0689. The highest BCUT2D eigenvalue weighted by molar-refractivity contribution is 9.10. The maximum Gasteiger partial charge on any atom is 0.496 e. The third-order valence-corrected chi connectivity index (χ3v) is 3.36. The Morgan fingerprint density at radius 2 is 2.29 bits per heavy atom. The molecule has 0 amide bonds. The van der Waals surface area contributed by atoms with Crippen molar-refractivity contribution in [3.05, 3.63) is 22.2 Å². The van der Waals surface area contributed by atoms with E-state index in [1.165, 1.54) is 0 Å². The lowest BCUT2D eigenvalue weighted by atomic mass is 9.78. The zero-order valence-corrected chi connectivity index (χ0v) is 10.8. The summed E-state index contributed by atoms with van der Waals surface area (Å²) in [7, 11) is -0.997. The largest absolute Gasteiger partial charge is 0.496 e. The Morgan fingerprint density at radius 3 is 2.94 bits per heavy atom. The van der Waals surface area contributed by atoms with Gasteiger partial charge in [0.05, 0.1) is 6.61 Å². The van der Waals surface area contributed by atoms with Crippen LogP contribution < -0.4 is 15.9 Å². The summed E-state index contributed by atoms with van der Waals surface area (Å²) in [4.78, 5) is 0. The summed E-state index contributed by atoms with van der Waals surface area (Å²) < 4.78 is 11.7. The van der Waals surface area contributed by atoms with Crippen LogP contribution in [0, 0.1) is 0 Å². The van der Waals surface area contributed by atoms with Crippen molar-refractivity contribution in [2.45, 2.75) is 6.10 Å². The van der Waals surface area contributed by atoms with Crippen LogP contribution in [0.4, 0.5) is 0 Å². The molecule has 7 heteroatoms. The molecular weight excluding hydrogens is 289 g/mol. The van der Waals surface area contributed by atoms with E-state index < -0.39 is 7.12 Å². The molecular formula is C10H14BBrNO4+. The average molecular weight is 303 g/mol. The molecule has 1 heterocycles. The van der Waals surface area contributed by atoms with E-state index in [0.29, 0.717) is 17.8 Å². The Balaban J connectivity index is 2.42. The van der Waals surface area contributed by atoms with E-state index in [9.17, 15) is 5.02 Å². The molecule has 0 radical (unpaired) electrons. The quantitative estimate of drug-likeness (QED) is 0.611. The number of aliphatic hydroxyl groups is 1. The fraction of sp³-hybridized carbons (Fsp3) is 0.400. The maximum atomic E-state index is 9.87. The Bertz CT molecular complexity index is 418. The molecule has 1 aliphatic heterocycles. The minimum atomic E-state index is -0.997. The predicted octanol–water partition coefficient (Wildman–Crippen LogP) is -1.18. The smallest absolute Gasteiger partial charge is 0.492 e. The van der Waals surface area contributed by atoms with E-state index in [1.807, 2.05) is 6.07 Å². The molecule has 0 fully saturated rings. The molecule has 0 spiro atoms. The fourth-order valence-corrected chi connectivity index (χ4v) is 2.56. The molecule has 1 aromatic rings. The van der Waals surface area contributed by atoms with Gasteiger partial charge in [0.2, 0.25) is 0 Å². The first kappa shape index (κ1) is 12.9. The molecule has 1 unspecified atom stereocenters. The minimum Gasteiger partial charge on any atom is -0.492 e. The molecule has 1 aliphatic rings. The normalized spacial score (nSPS) is 18.4. The third kappa shape index (κ3) is 2.34. The highest BCUT2D eigenvalue weighted by atomic mass is 79.9. The van der Waals surface area contributed by atoms with Gasteiger partial charge >= 0.3 is 7.12 Å². The number of benzene rings is 1.